The lowest BCUT2D eigenvalue weighted by Gasteiger charge is -2.28. The third-order valence-corrected chi connectivity index (χ3v) is 3.45. The van der Waals surface area contributed by atoms with E-state index in [9.17, 15) is 4.79 Å². The van der Waals surface area contributed by atoms with Crippen molar-refractivity contribution in [3.8, 4) is 0 Å². The second-order valence-electron chi connectivity index (χ2n) is 4.81. The van der Waals surface area contributed by atoms with E-state index in [-0.39, 0.29) is 11.9 Å². The summed E-state index contributed by atoms with van der Waals surface area (Å²) in [6.45, 7) is 5.90. The second-order valence-corrected chi connectivity index (χ2v) is 4.81. The van der Waals surface area contributed by atoms with Crippen LogP contribution < -0.4 is 10.2 Å². The highest BCUT2D eigenvalue weighted by molar-refractivity contribution is 6.24. The van der Waals surface area contributed by atoms with Gasteiger partial charge in [-0.3, -0.25) is 5.41 Å². The molecule has 0 aromatic heterocycles. The van der Waals surface area contributed by atoms with Crippen LogP contribution in [0.1, 0.15) is 20.8 Å². The van der Waals surface area contributed by atoms with Gasteiger partial charge in [-0.2, -0.15) is 0 Å². The van der Waals surface area contributed by atoms with Gasteiger partial charge in [0.15, 0.2) is 0 Å². The van der Waals surface area contributed by atoms with Crippen molar-refractivity contribution in [3.63, 3.8) is 0 Å². The summed E-state index contributed by atoms with van der Waals surface area (Å²) >= 11 is 0. The molecule has 2 rings (SSSR count). The maximum atomic E-state index is 12.0. The van der Waals surface area contributed by atoms with E-state index in [4.69, 9.17) is 5.41 Å². The third kappa shape index (κ3) is 1.69. The highest BCUT2D eigenvalue weighted by atomic mass is 16.2. The Morgan fingerprint density at radius 1 is 1.29 bits per heavy atom. The SMILES string of the molecule is CC(C)C1(C)NC(=O)N(c2ccccc2)C1=N. The van der Waals surface area contributed by atoms with Gasteiger partial charge >= 0.3 is 6.03 Å². The molecule has 2 N–H and O–H groups in total. The molecule has 90 valence electrons. The van der Waals surface area contributed by atoms with Crippen LogP contribution in [0.15, 0.2) is 30.3 Å². The average Bonchev–Trinajstić information content (AvgIpc) is 2.52. The van der Waals surface area contributed by atoms with Crippen molar-refractivity contribution in [1.29, 1.82) is 5.41 Å². The van der Waals surface area contributed by atoms with Crippen LogP contribution in [-0.2, 0) is 0 Å². The first-order valence-electron chi connectivity index (χ1n) is 5.73. The molecule has 4 heteroatoms. The molecule has 0 saturated carbocycles. The topological polar surface area (TPSA) is 56.2 Å². The summed E-state index contributed by atoms with van der Waals surface area (Å²) in [6.07, 6.45) is 0. The molecule has 1 aliphatic heterocycles. The molecule has 1 fully saturated rings. The van der Waals surface area contributed by atoms with Gasteiger partial charge in [0.2, 0.25) is 0 Å². The lowest BCUT2D eigenvalue weighted by Crippen LogP contribution is -2.48. The van der Waals surface area contributed by atoms with Gasteiger partial charge in [-0.1, -0.05) is 32.0 Å². The minimum atomic E-state index is -0.590. The van der Waals surface area contributed by atoms with Gasteiger partial charge in [-0.05, 0) is 25.0 Å². The minimum Gasteiger partial charge on any atom is -0.325 e. The standard InChI is InChI=1S/C13H17N3O/c1-9(2)13(3)11(14)16(12(17)15-13)10-7-5-4-6-8-10/h4-9,14H,1-3H3,(H,15,17). The lowest BCUT2D eigenvalue weighted by molar-refractivity contribution is 0.244. The number of urea groups is 1. The Bertz CT molecular complexity index is 455. The number of anilines is 1. The van der Waals surface area contributed by atoms with Crippen LogP contribution in [0, 0.1) is 11.3 Å². The summed E-state index contributed by atoms with van der Waals surface area (Å²) in [5.74, 6) is 0.483. The Kier molecular flexibility index (Phi) is 2.65. The number of para-hydroxylation sites is 1. The molecule has 0 radical (unpaired) electrons. The van der Waals surface area contributed by atoms with Crippen molar-refractivity contribution in [3.05, 3.63) is 30.3 Å². The second kappa shape index (κ2) is 3.87. The molecular formula is C13H17N3O. The number of nitrogens with one attached hydrogen (secondary N) is 2. The normalized spacial score (nSPS) is 24.4. The van der Waals surface area contributed by atoms with E-state index in [1.54, 1.807) is 0 Å². The van der Waals surface area contributed by atoms with Crippen LogP contribution in [0.5, 0.6) is 0 Å². The predicted molar refractivity (Wildman–Crippen MR) is 68.4 cm³/mol. The molecule has 1 aliphatic rings. The predicted octanol–water partition coefficient (Wildman–Crippen LogP) is 2.61. The van der Waals surface area contributed by atoms with Crippen molar-refractivity contribution < 1.29 is 4.79 Å². The molecule has 1 atom stereocenters. The highest BCUT2D eigenvalue weighted by Crippen LogP contribution is 2.29. The van der Waals surface area contributed by atoms with Crippen molar-refractivity contribution >= 4 is 17.6 Å². The number of rotatable bonds is 2. The number of benzene rings is 1. The molecule has 1 aromatic rings. The Hall–Kier alpha value is -1.84. The zero-order valence-electron chi connectivity index (χ0n) is 10.3. The largest absolute Gasteiger partial charge is 0.328 e. The number of nitrogens with zero attached hydrogens (tertiary/aromatic N) is 1. The number of amides is 2. The summed E-state index contributed by atoms with van der Waals surface area (Å²) in [5.41, 5.74) is 0.145. The van der Waals surface area contributed by atoms with Crippen LogP contribution in [0.3, 0.4) is 0 Å². The summed E-state index contributed by atoms with van der Waals surface area (Å²) < 4.78 is 0. The van der Waals surface area contributed by atoms with Gasteiger partial charge < -0.3 is 5.32 Å². The van der Waals surface area contributed by atoms with Crippen molar-refractivity contribution in [2.45, 2.75) is 26.3 Å². The highest BCUT2D eigenvalue weighted by Gasteiger charge is 2.47. The van der Waals surface area contributed by atoms with E-state index < -0.39 is 5.54 Å². The molecule has 0 spiro atoms. The fourth-order valence-electron chi connectivity index (χ4n) is 1.91. The van der Waals surface area contributed by atoms with Gasteiger partial charge in [0, 0.05) is 0 Å². The monoisotopic (exact) mass is 231 g/mol. The van der Waals surface area contributed by atoms with E-state index in [2.05, 4.69) is 5.32 Å². The van der Waals surface area contributed by atoms with E-state index in [1.807, 2.05) is 51.1 Å². The molecule has 0 bridgehead atoms. The van der Waals surface area contributed by atoms with Crippen molar-refractivity contribution in [2.75, 3.05) is 4.90 Å². The van der Waals surface area contributed by atoms with E-state index in [1.165, 1.54) is 4.90 Å². The number of carbonyl (C=O) groups is 1. The summed E-state index contributed by atoms with van der Waals surface area (Å²) in [4.78, 5) is 13.4. The molecule has 1 saturated heterocycles. The molecule has 1 unspecified atom stereocenters. The maximum absolute atomic E-state index is 12.0. The molecule has 2 amide bonds. The first-order chi connectivity index (χ1) is 7.97. The minimum absolute atomic E-state index is 0.174. The van der Waals surface area contributed by atoms with Crippen LogP contribution in [-0.4, -0.2) is 17.4 Å². The fourth-order valence-corrected chi connectivity index (χ4v) is 1.91. The third-order valence-electron chi connectivity index (χ3n) is 3.45. The van der Waals surface area contributed by atoms with Gasteiger partial charge in [-0.15, -0.1) is 0 Å². The lowest BCUT2D eigenvalue weighted by atomic mass is 9.88. The van der Waals surface area contributed by atoms with Crippen molar-refractivity contribution in [2.24, 2.45) is 5.92 Å². The van der Waals surface area contributed by atoms with E-state index in [0.29, 0.717) is 5.84 Å². The van der Waals surface area contributed by atoms with Crippen LogP contribution >= 0.6 is 0 Å². The summed E-state index contributed by atoms with van der Waals surface area (Å²) in [5, 5.41) is 11.1. The number of amidine groups is 1. The molecule has 1 aromatic carbocycles. The average molecular weight is 231 g/mol. The summed E-state index contributed by atoms with van der Waals surface area (Å²) in [7, 11) is 0. The maximum Gasteiger partial charge on any atom is 0.328 e. The number of hydrogen-bond donors (Lipinski definition) is 2. The van der Waals surface area contributed by atoms with Crippen LogP contribution in [0.25, 0.3) is 0 Å². The van der Waals surface area contributed by atoms with Crippen molar-refractivity contribution in [1.82, 2.24) is 5.32 Å². The van der Waals surface area contributed by atoms with Crippen LogP contribution in [0.2, 0.25) is 0 Å². The van der Waals surface area contributed by atoms with Gasteiger partial charge in [-0.25, -0.2) is 9.69 Å². The first-order valence-corrected chi connectivity index (χ1v) is 5.73. The smallest absolute Gasteiger partial charge is 0.325 e. The number of hydrogen-bond acceptors (Lipinski definition) is 2. The molecular weight excluding hydrogens is 214 g/mol. The van der Waals surface area contributed by atoms with Gasteiger partial charge in [0.25, 0.3) is 0 Å². The zero-order valence-corrected chi connectivity index (χ0v) is 10.3. The Labute approximate surface area is 101 Å². The Morgan fingerprint density at radius 2 is 1.88 bits per heavy atom. The Balaban J connectivity index is 2.39. The van der Waals surface area contributed by atoms with E-state index in [0.717, 1.165) is 5.69 Å². The zero-order chi connectivity index (χ0) is 12.6. The Morgan fingerprint density at radius 3 is 2.35 bits per heavy atom. The quantitative estimate of drug-likeness (QED) is 0.807. The van der Waals surface area contributed by atoms with Gasteiger partial charge in [0.05, 0.1) is 11.2 Å². The first kappa shape index (κ1) is 11.6. The molecule has 4 nitrogen and oxygen atoms in total. The van der Waals surface area contributed by atoms with Gasteiger partial charge in [0.1, 0.15) is 5.84 Å². The molecule has 1 heterocycles. The fraction of sp³-hybridized carbons (Fsp3) is 0.385. The van der Waals surface area contributed by atoms with E-state index >= 15 is 0 Å². The molecule has 0 aliphatic carbocycles. The summed E-state index contributed by atoms with van der Waals surface area (Å²) in [6, 6.07) is 9.06. The van der Waals surface area contributed by atoms with Crippen LogP contribution in [0.4, 0.5) is 10.5 Å². The molecule has 17 heavy (non-hydrogen) atoms. The number of carbonyl (C=O) groups excluding carboxylic acids is 1.